The number of nitrogens with one attached hydrogen (secondary N) is 3. The summed E-state index contributed by atoms with van der Waals surface area (Å²) < 4.78 is 46.4. The minimum atomic E-state index is -3.26. The van der Waals surface area contributed by atoms with Crippen LogP contribution in [-0.2, 0) is 56.6 Å². The van der Waals surface area contributed by atoms with Gasteiger partial charge in [-0.2, -0.15) is 0 Å². The summed E-state index contributed by atoms with van der Waals surface area (Å²) in [6.45, 7) is 16.7. The van der Waals surface area contributed by atoms with E-state index in [4.69, 9.17) is 0 Å². The number of rotatable bonds is 40. The first kappa shape index (κ1) is 104. The Labute approximate surface area is 825 Å². The molecule has 1 aliphatic carbocycles. The van der Waals surface area contributed by atoms with Crippen molar-refractivity contribution in [1.82, 2.24) is 24.9 Å². The molecular formula is C116H141N11O10S2. The first-order valence-corrected chi connectivity index (χ1v) is 53.8. The number of para-hydroxylation sites is 6. The maximum Gasteiger partial charge on any atom is 0.224 e. The number of sulfone groups is 2. The predicted octanol–water partition coefficient (Wildman–Crippen LogP) is 20.3. The van der Waals surface area contributed by atoms with Crippen molar-refractivity contribution in [2.24, 2.45) is 29.6 Å². The summed E-state index contributed by atoms with van der Waals surface area (Å²) in [5, 5.41) is 8.85. The Kier molecular flexibility index (Phi) is 41.2. The minimum absolute atomic E-state index is 0.0352. The number of piperidine rings is 4. The molecule has 5 aliphatic rings. The van der Waals surface area contributed by atoms with Crippen molar-refractivity contribution in [2.45, 2.75) is 132 Å². The molecule has 0 atom stereocenters. The number of carbonyl (C=O) groups excluding carboxylic acids is 6. The number of amides is 3. The fourth-order valence-electron chi connectivity index (χ4n) is 19.3. The van der Waals surface area contributed by atoms with E-state index in [1.54, 1.807) is 24.3 Å². The zero-order valence-electron chi connectivity index (χ0n) is 81.1. The highest BCUT2D eigenvalue weighted by Crippen LogP contribution is 2.33. The van der Waals surface area contributed by atoms with Gasteiger partial charge in [-0.3, -0.25) is 28.8 Å². The predicted molar refractivity (Wildman–Crippen MR) is 564 cm³/mol. The van der Waals surface area contributed by atoms with Crippen LogP contribution in [0.2, 0.25) is 0 Å². The molecule has 0 spiro atoms. The van der Waals surface area contributed by atoms with Gasteiger partial charge < -0.3 is 55.1 Å². The molecule has 4 heterocycles. The van der Waals surface area contributed by atoms with Gasteiger partial charge in [-0.1, -0.05) is 219 Å². The van der Waals surface area contributed by atoms with E-state index in [9.17, 15) is 45.6 Å². The highest BCUT2D eigenvalue weighted by atomic mass is 32.2. The summed E-state index contributed by atoms with van der Waals surface area (Å²) in [5.41, 5.74) is 11.3. The highest BCUT2D eigenvalue weighted by Gasteiger charge is 2.30. The van der Waals surface area contributed by atoms with Crippen LogP contribution in [0.1, 0.15) is 131 Å². The standard InChI is InChI=1S/C30H41N3O4S.C30H35N3O4S.C28H33N3O.C28H32N2O/c2*1-38(36,37)28-14-12-26(13-15-28)31-30(35)22-24-16-18-32(19-17-24)20-21-33(27-10-6-3-7-11-27)23-29(34)25-8-4-2-5-9-25;32-28(29-23-25-10-4-1-5-11-25)22-24-16-18-30(19-17-24)20-21-31(26-12-6-2-7-13-26)27-14-8-3-9-15-27;31-28(22-24-10-4-1-5-11-24)23-25-16-18-29(19-17-25)20-21-30(26-12-6-2-7-13-26)27-14-8-3-9-15-27/h3,6-7,10-15,24-25H,2,4-5,8-9,16-23H2,1H3,(H,31,35);2-15,24H,16-23H2,1H3,(H,31,35);1-15,24H,16-23H2,(H,29,32);1-15,25H,16-23H2. The van der Waals surface area contributed by atoms with Gasteiger partial charge in [0.05, 0.1) is 22.9 Å². The summed E-state index contributed by atoms with van der Waals surface area (Å²) in [5.74, 6) is 2.83. The van der Waals surface area contributed by atoms with Crippen LogP contribution in [0.25, 0.3) is 0 Å². The topological polar surface area (TPSA) is 233 Å². The molecule has 4 aliphatic heterocycles. The second-order valence-corrected chi connectivity index (χ2v) is 41.9. The van der Waals surface area contributed by atoms with Gasteiger partial charge in [-0.15, -0.1) is 0 Å². The fraction of sp³-hybridized carbons (Fsp3) is 0.379. The largest absolute Gasteiger partial charge is 0.363 e. The summed E-state index contributed by atoms with van der Waals surface area (Å²) in [6.07, 6.45) is 19.1. The molecule has 732 valence electrons. The van der Waals surface area contributed by atoms with E-state index in [1.807, 2.05) is 140 Å². The average molecular weight is 1910 g/mol. The second-order valence-electron chi connectivity index (χ2n) is 37.9. The maximum atomic E-state index is 13.1. The SMILES string of the molecule is CS(=O)(=O)c1ccc(NC(=O)CC2CCN(CCN(CC(=O)C3CCCCC3)c3ccccc3)CC2)cc1.CS(=O)(=O)c1ccc(NC(=O)CC2CCN(CCN(CC(=O)c3ccccc3)c3ccccc3)CC2)cc1.O=C(CC1CCN(CCN(c2ccccc2)c2ccccc2)CC1)NCc1ccccc1.O=C(Cc1ccccc1)CC1CCN(CCN(c2ccccc2)c2ccccc2)CC1. The van der Waals surface area contributed by atoms with Gasteiger partial charge in [0.25, 0.3) is 0 Å². The van der Waals surface area contributed by atoms with Crippen molar-refractivity contribution in [1.29, 1.82) is 0 Å². The molecule has 21 nitrogen and oxygen atoms in total. The lowest BCUT2D eigenvalue weighted by Crippen LogP contribution is -2.42. The third-order valence-electron chi connectivity index (χ3n) is 27.5. The number of hydrogen-bond acceptors (Lipinski definition) is 18. The third kappa shape index (κ3) is 35.6. The Balaban J connectivity index is 0.000000157. The molecule has 0 radical (unpaired) electrons. The molecule has 139 heavy (non-hydrogen) atoms. The number of Topliss-reactive ketones (excluding diaryl/α,β-unsaturated/α-hetero) is 3. The van der Waals surface area contributed by atoms with E-state index in [1.165, 1.54) is 72.5 Å². The number of hydrogen-bond donors (Lipinski definition) is 3. The van der Waals surface area contributed by atoms with E-state index >= 15 is 0 Å². The molecule has 11 aromatic rings. The lowest BCUT2D eigenvalue weighted by Gasteiger charge is -2.34. The number of carbonyl (C=O) groups is 6. The first-order valence-electron chi connectivity index (χ1n) is 50.0. The molecule has 0 unspecified atom stereocenters. The number of anilines is 8. The van der Waals surface area contributed by atoms with Crippen molar-refractivity contribution < 1.29 is 45.6 Å². The lowest BCUT2D eigenvalue weighted by atomic mass is 9.86. The van der Waals surface area contributed by atoms with Crippen molar-refractivity contribution in [3.05, 3.63) is 338 Å². The number of nitrogens with zero attached hydrogens (tertiary/aromatic N) is 8. The van der Waals surface area contributed by atoms with Crippen LogP contribution < -0.4 is 35.6 Å². The summed E-state index contributed by atoms with van der Waals surface area (Å²) >= 11 is 0. The smallest absolute Gasteiger partial charge is 0.224 e. The van der Waals surface area contributed by atoms with E-state index in [0.29, 0.717) is 91.9 Å². The second kappa shape index (κ2) is 55.0. The average Bonchev–Trinajstić information content (AvgIpc) is 0.847. The van der Waals surface area contributed by atoms with E-state index in [-0.39, 0.29) is 39.2 Å². The number of benzene rings is 11. The van der Waals surface area contributed by atoms with Gasteiger partial charge in [0.1, 0.15) is 5.78 Å². The molecule has 3 N–H and O–H groups in total. The lowest BCUT2D eigenvalue weighted by molar-refractivity contribution is -0.123. The van der Waals surface area contributed by atoms with Gasteiger partial charge in [0.15, 0.2) is 31.2 Å². The van der Waals surface area contributed by atoms with Crippen LogP contribution in [0.15, 0.2) is 331 Å². The van der Waals surface area contributed by atoms with Gasteiger partial charge in [-0.25, -0.2) is 16.8 Å². The molecular weight excluding hydrogens is 1770 g/mol. The van der Waals surface area contributed by atoms with Gasteiger partial charge >= 0.3 is 0 Å². The quantitative estimate of drug-likeness (QED) is 0.0303. The van der Waals surface area contributed by atoms with E-state index in [0.717, 1.165) is 210 Å². The van der Waals surface area contributed by atoms with Crippen LogP contribution >= 0.6 is 0 Å². The van der Waals surface area contributed by atoms with Gasteiger partial charge in [-0.05, 0) is 273 Å². The van der Waals surface area contributed by atoms with Crippen LogP contribution in [0, 0.1) is 29.6 Å². The Morgan fingerprint density at radius 3 is 0.950 bits per heavy atom. The molecule has 23 heteroatoms. The Morgan fingerprint density at radius 2 is 0.604 bits per heavy atom. The third-order valence-corrected chi connectivity index (χ3v) is 29.7. The summed E-state index contributed by atoms with van der Waals surface area (Å²) in [7, 11) is -6.51. The van der Waals surface area contributed by atoms with Crippen LogP contribution in [0.4, 0.5) is 45.5 Å². The van der Waals surface area contributed by atoms with Crippen molar-refractivity contribution in [3.8, 4) is 0 Å². The minimum Gasteiger partial charge on any atom is -0.363 e. The maximum absolute atomic E-state index is 13.1. The Bertz CT molecular complexity index is 5660. The molecule has 11 aromatic carbocycles. The van der Waals surface area contributed by atoms with Gasteiger partial charge in [0.2, 0.25) is 17.7 Å². The molecule has 1 saturated carbocycles. The molecule has 5 fully saturated rings. The molecule has 0 bridgehead atoms. The van der Waals surface area contributed by atoms with Crippen LogP contribution in [-0.4, -0.2) is 202 Å². The monoisotopic (exact) mass is 1910 g/mol. The molecule has 3 amide bonds. The van der Waals surface area contributed by atoms with E-state index < -0.39 is 19.7 Å². The number of ketones is 3. The first-order chi connectivity index (χ1) is 67.6. The van der Waals surface area contributed by atoms with E-state index in [2.05, 4.69) is 189 Å². The van der Waals surface area contributed by atoms with Gasteiger partial charge in [0, 0.05) is 160 Å². The Hall–Kier alpha value is -12.2. The molecule has 4 saturated heterocycles. The van der Waals surface area contributed by atoms with Crippen molar-refractivity contribution in [3.63, 3.8) is 0 Å². The normalized spacial score (nSPS) is 15.6. The summed E-state index contributed by atoms with van der Waals surface area (Å²) in [4.78, 5) is 95.5. The van der Waals surface area contributed by atoms with Crippen LogP contribution in [0.3, 0.4) is 0 Å². The Morgan fingerprint density at radius 1 is 0.309 bits per heavy atom. The summed E-state index contributed by atoms with van der Waals surface area (Å²) in [6, 6.07) is 105. The number of likely N-dealkylation sites (tertiary alicyclic amines) is 4. The van der Waals surface area contributed by atoms with Crippen molar-refractivity contribution >= 4 is 100 Å². The van der Waals surface area contributed by atoms with Crippen LogP contribution in [0.5, 0.6) is 0 Å². The zero-order chi connectivity index (χ0) is 97.2. The highest BCUT2D eigenvalue weighted by molar-refractivity contribution is 7.91. The fourth-order valence-corrected chi connectivity index (χ4v) is 20.5. The zero-order valence-corrected chi connectivity index (χ0v) is 82.8. The molecule has 0 aromatic heterocycles. The van der Waals surface area contributed by atoms with Crippen molar-refractivity contribution in [2.75, 3.05) is 161 Å². The molecule has 16 rings (SSSR count).